The molecule has 0 heterocycles. The van der Waals surface area contributed by atoms with Crippen molar-refractivity contribution in [2.24, 2.45) is 0 Å². The lowest BCUT2D eigenvalue weighted by Gasteiger charge is -2.26. The van der Waals surface area contributed by atoms with Crippen molar-refractivity contribution in [2.75, 3.05) is 4.90 Å². The summed E-state index contributed by atoms with van der Waals surface area (Å²) in [5.41, 5.74) is 17.7. The quantitative estimate of drug-likeness (QED) is 0.131. The minimum Gasteiger partial charge on any atom is -0.310 e. The van der Waals surface area contributed by atoms with E-state index in [0.29, 0.717) is 0 Å². The van der Waals surface area contributed by atoms with Gasteiger partial charge in [0, 0.05) is 17.1 Å². The highest BCUT2D eigenvalue weighted by Gasteiger charge is 2.20. The normalized spacial score (nSPS) is 11.4. The van der Waals surface area contributed by atoms with Crippen LogP contribution in [0.15, 0.2) is 285 Å². The van der Waals surface area contributed by atoms with Crippen molar-refractivity contribution >= 4 is 60.2 Å². The zero-order valence-corrected chi connectivity index (χ0v) is 39.1. The topological polar surface area (TPSA) is 3.24 Å². The summed E-state index contributed by atoms with van der Waals surface area (Å²) in [4.78, 5) is 2.39. The maximum Gasteiger partial charge on any atom is 0.0467 e. The Hall–Kier alpha value is -9.30. The van der Waals surface area contributed by atoms with Gasteiger partial charge in [-0.2, -0.15) is 0 Å². The molecule has 0 spiro atoms. The summed E-state index contributed by atoms with van der Waals surface area (Å²) in [6, 6.07) is 104. The van der Waals surface area contributed by atoms with Gasteiger partial charge in [-0.05, 0) is 158 Å². The third kappa shape index (κ3) is 7.80. The van der Waals surface area contributed by atoms with E-state index in [1.54, 1.807) is 0 Å². The minimum absolute atomic E-state index is 1.08. The molecule has 13 rings (SSSR count). The highest BCUT2D eigenvalue weighted by atomic mass is 15.1. The van der Waals surface area contributed by atoms with Gasteiger partial charge in [-0.15, -0.1) is 0 Å². The molecule has 0 atom stereocenters. The van der Waals surface area contributed by atoms with Crippen LogP contribution in [0.5, 0.6) is 0 Å². The fourth-order valence-electron chi connectivity index (χ4n) is 10.7. The molecule has 0 aliphatic carbocycles. The smallest absolute Gasteiger partial charge is 0.0467 e. The van der Waals surface area contributed by atoms with Gasteiger partial charge in [0.1, 0.15) is 0 Å². The van der Waals surface area contributed by atoms with Gasteiger partial charge in [0.15, 0.2) is 0 Å². The van der Waals surface area contributed by atoms with E-state index in [0.717, 1.165) is 22.6 Å². The average molecular weight is 902 g/mol. The molecular formula is C70H47N. The van der Waals surface area contributed by atoms with Crippen LogP contribution in [-0.4, -0.2) is 0 Å². The highest BCUT2D eigenvalue weighted by Crippen LogP contribution is 2.46. The maximum atomic E-state index is 2.42. The van der Waals surface area contributed by atoms with Crippen molar-refractivity contribution in [3.63, 3.8) is 0 Å². The van der Waals surface area contributed by atoms with Gasteiger partial charge in [0.2, 0.25) is 0 Å². The van der Waals surface area contributed by atoms with Crippen LogP contribution >= 0.6 is 0 Å². The van der Waals surface area contributed by atoms with Crippen LogP contribution in [0.4, 0.5) is 17.1 Å². The lowest BCUT2D eigenvalue weighted by molar-refractivity contribution is 1.28. The molecule has 0 fully saturated rings. The second kappa shape index (κ2) is 18.0. The molecule has 0 bridgehead atoms. The minimum atomic E-state index is 1.08. The summed E-state index contributed by atoms with van der Waals surface area (Å²) < 4.78 is 0. The Morgan fingerprint density at radius 1 is 0.183 bits per heavy atom. The summed E-state index contributed by atoms with van der Waals surface area (Å²) in [5.74, 6) is 0. The molecule has 0 aliphatic rings. The molecule has 0 aromatic heterocycles. The number of rotatable bonds is 9. The molecule has 0 saturated carbocycles. The molecule has 0 unspecified atom stereocenters. The standard InChI is InChI=1S/C70H47N/c1-3-17-54(18-4-1)69-67-27-12-11-26-65(67)66-44-39-59(47-68(66)70(69)55-19-5-2-6-20-55)57-23-13-24-62(46-57)71(61-42-37-53(38-43-61)64-28-14-22-52-16-9-10-25-63(52)64)60-40-35-50(36-41-60)49-29-31-51(32-30-49)58-34-33-48-15-7-8-21-56(48)45-58/h1-47H. The zero-order valence-electron chi connectivity index (χ0n) is 39.1. The lowest BCUT2D eigenvalue weighted by Crippen LogP contribution is -2.10. The summed E-state index contributed by atoms with van der Waals surface area (Å²) in [6.07, 6.45) is 0. The summed E-state index contributed by atoms with van der Waals surface area (Å²) in [6.45, 7) is 0. The number of nitrogens with zero attached hydrogens (tertiary/aromatic N) is 1. The monoisotopic (exact) mass is 901 g/mol. The Bertz CT molecular complexity index is 4060. The van der Waals surface area contributed by atoms with E-state index in [2.05, 4.69) is 290 Å². The van der Waals surface area contributed by atoms with Crippen molar-refractivity contribution in [3.05, 3.63) is 285 Å². The molecule has 71 heavy (non-hydrogen) atoms. The van der Waals surface area contributed by atoms with Gasteiger partial charge in [-0.25, -0.2) is 0 Å². The number of anilines is 3. The van der Waals surface area contributed by atoms with Crippen molar-refractivity contribution in [1.82, 2.24) is 0 Å². The van der Waals surface area contributed by atoms with E-state index in [1.165, 1.54) is 104 Å². The van der Waals surface area contributed by atoms with Gasteiger partial charge in [0.25, 0.3) is 0 Å². The molecule has 0 amide bonds. The van der Waals surface area contributed by atoms with Crippen LogP contribution in [0, 0.1) is 0 Å². The Morgan fingerprint density at radius 3 is 1.31 bits per heavy atom. The summed E-state index contributed by atoms with van der Waals surface area (Å²) >= 11 is 0. The van der Waals surface area contributed by atoms with Crippen LogP contribution in [0.25, 0.3) is 110 Å². The Morgan fingerprint density at radius 2 is 0.620 bits per heavy atom. The fourth-order valence-corrected chi connectivity index (χ4v) is 10.7. The number of hydrogen-bond acceptors (Lipinski definition) is 1. The Balaban J connectivity index is 0.917. The molecule has 332 valence electrons. The van der Waals surface area contributed by atoms with Crippen molar-refractivity contribution < 1.29 is 0 Å². The number of hydrogen-bond donors (Lipinski definition) is 0. The second-order valence-corrected chi connectivity index (χ2v) is 18.4. The summed E-state index contributed by atoms with van der Waals surface area (Å²) in [7, 11) is 0. The molecule has 0 saturated heterocycles. The van der Waals surface area contributed by atoms with Gasteiger partial charge in [0.05, 0.1) is 0 Å². The van der Waals surface area contributed by atoms with Crippen LogP contribution in [0.3, 0.4) is 0 Å². The molecule has 1 nitrogen and oxygen atoms in total. The third-order valence-electron chi connectivity index (χ3n) is 14.2. The average Bonchev–Trinajstić information content (AvgIpc) is 3.45. The molecule has 0 radical (unpaired) electrons. The van der Waals surface area contributed by atoms with Gasteiger partial charge in [-0.3, -0.25) is 0 Å². The highest BCUT2D eigenvalue weighted by molar-refractivity contribution is 6.22. The first-order valence-electron chi connectivity index (χ1n) is 24.5. The van der Waals surface area contributed by atoms with Crippen molar-refractivity contribution in [3.8, 4) is 66.8 Å². The van der Waals surface area contributed by atoms with Gasteiger partial charge >= 0.3 is 0 Å². The largest absolute Gasteiger partial charge is 0.310 e. The first kappa shape index (κ1) is 41.9. The van der Waals surface area contributed by atoms with Crippen LogP contribution in [0.1, 0.15) is 0 Å². The van der Waals surface area contributed by atoms with E-state index >= 15 is 0 Å². The van der Waals surface area contributed by atoms with E-state index < -0.39 is 0 Å². The zero-order chi connectivity index (χ0) is 47.1. The summed E-state index contributed by atoms with van der Waals surface area (Å²) in [5, 5.41) is 9.99. The number of fused-ring (bicyclic) bond motifs is 5. The van der Waals surface area contributed by atoms with Crippen LogP contribution in [0.2, 0.25) is 0 Å². The van der Waals surface area contributed by atoms with Crippen molar-refractivity contribution in [2.45, 2.75) is 0 Å². The van der Waals surface area contributed by atoms with E-state index in [4.69, 9.17) is 0 Å². The first-order chi connectivity index (χ1) is 35.2. The lowest BCUT2D eigenvalue weighted by atomic mass is 9.84. The van der Waals surface area contributed by atoms with E-state index in [1.807, 2.05) is 0 Å². The molecular weight excluding hydrogens is 855 g/mol. The molecule has 0 N–H and O–H groups in total. The Kier molecular flexibility index (Phi) is 10.6. The maximum absolute atomic E-state index is 2.42. The third-order valence-corrected chi connectivity index (χ3v) is 14.2. The van der Waals surface area contributed by atoms with Crippen LogP contribution in [-0.2, 0) is 0 Å². The second-order valence-electron chi connectivity index (χ2n) is 18.4. The fraction of sp³-hybridized carbons (Fsp3) is 0. The van der Waals surface area contributed by atoms with Gasteiger partial charge < -0.3 is 4.90 Å². The molecule has 0 aliphatic heterocycles. The first-order valence-corrected chi connectivity index (χ1v) is 24.5. The predicted octanol–water partition coefficient (Wildman–Crippen LogP) is 19.8. The molecule has 13 aromatic rings. The Labute approximate surface area is 414 Å². The van der Waals surface area contributed by atoms with Gasteiger partial charge in [-0.1, -0.05) is 237 Å². The van der Waals surface area contributed by atoms with E-state index in [9.17, 15) is 0 Å². The van der Waals surface area contributed by atoms with Crippen LogP contribution < -0.4 is 4.90 Å². The van der Waals surface area contributed by atoms with E-state index in [-0.39, 0.29) is 0 Å². The SMILES string of the molecule is c1ccc(-c2c(-c3ccccc3)c3cc(-c4cccc(N(c5ccc(-c6ccc(-c7ccc8ccccc8c7)cc6)cc5)c5ccc(-c6cccc7ccccc67)cc5)c4)ccc3c3ccccc23)cc1. The van der Waals surface area contributed by atoms with Crippen molar-refractivity contribution in [1.29, 1.82) is 0 Å². The molecule has 13 aromatic carbocycles. The predicted molar refractivity (Wildman–Crippen MR) is 304 cm³/mol. The molecule has 1 heteroatoms. The number of benzene rings is 13.